The van der Waals surface area contributed by atoms with Crippen molar-refractivity contribution in [2.24, 2.45) is 5.73 Å². The van der Waals surface area contributed by atoms with Crippen LogP contribution < -0.4 is 5.73 Å². The van der Waals surface area contributed by atoms with Crippen molar-refractivity contribution >= 4 is 5.97 Å². The largest absolute Gasteiger partial charge is 0.479 e. The van der Waals surface area contributed by atoms with Gasteiger partial charge in [-0.25, -0.2) is 4.79 Å². The van der Waals surface area contributed by atoms with Crippen LogP contribution in [0.3, 0.4) is 0 Å². The van der Waals surface area contributed by atoms with E-state index in [4.69, 9.17) is 15.6 Å². The highest BCUT2D eigenvalue weighted by molar-refractivity contribution is 5.73. The Morgan fingerprint density at radius 2 is 1.95 bits per heavy atom. The molecule has 2 aliphatic heterocycles. The Kier molecular flexibility index (Phi) is 4.86. The summed E-state index contributed by atoms with van der Waals surface area (Å²) in [6.07, 6.45) is -5.22. The number of aliphatic carboxylic acids is 1. The van der Waals surface area contributed by atoms with E-state index in [2.05, 4.69) is 0 Å². The summed E-state index contributed by atoms with van der Waals surface area (Å²) in [5, 5.41) is 39.2. The van der Waals surface area contributed by atoms with Crippen LogP contribution in [0.5, 0.6) is 0 Å². The monoisotopic (exact) mass is 305 g/mol. The minimum atomic E-state index is -1.65. The van der Waals surface area contributed by atoms with Gasteiger partial charge in [-0.15, -0.1) is 0 Å². The first kappa shape index (κ1) is 16.6. The second kappa shape index (κ2) is 6.15. The fourth-order valence-electron chi connectivity index (χ4n) is 3.81. The van der Waals surface area contributed by atoms with E-state index in [1.165, 1.54) is 0 Å². The molecular weight excluding hydrogens is 280 g/mol. The number of hydrogen-bond acceptors (Lipinski definition) is 6. The maximum atomic E-state index is 11.2. The lowest BCUT2D eigenvalue weighted by atomic mass is 9.95. The summed E-state index contributed by atoms with van der Waals surface area (Å²) in [5.41, 5.74) is 5.81. The molecule has 0 aromatic rings. The molecule has 122 valence electrons. The molecule has 2 rings (SSSR count). The molecule has 0 aliphatic carbocycles. The Morgan fingerprint density at radius 1 is 1.29 bits per heavy atom. The van der Waals surface area contributed by atoms with Gasteiger partial charge in [-0.05, 0) is 6.92 Å². The lowest BCUT2D eigenvalue weighted by Gasteiger charge is -2.50. The van der Waals surface area contributed by atoms with Crippen molar-refractivity contribution in [1.29, 1.82) is 0 Å². The Bertz CT molecular complexity index is 395. The zero-order valence-corrected chi connectivity index (χ0v) is 12.1. The van der Waals surface area contributed by atoms with Gasteiger partial charge in [0.05, 0.1) is 13.1 Å². The molecule has 7 atom stereocenters. The number of aliphatic hydroxyl groups excluding tert-OH is 3. The number of aliphatic hydroxyl groups is 3. The standard InChI is InChI=1S/C13H24N2O6/c1-2-15(5-3-4-7(15)6-14)12-10(18)8(16)9(17)11(21-12)13(19)20/h7-12,16-18H,2-6,14H2,1H3/p+1. The van der Waals surface area contributed by atoms with E-state index in [9.17, 15) is 20.1 Å². The minimum absolute atomic E-state index is 0.0477. The van der Waals surface area contributed by atoms with Gasteiger partial charge in [0.2, 0.25) is 6.23 Å². The summed E-state index contributed by atoms with van der Waals surface area (Å²) in [6.45, 7) is 3.64. The number of quaternary nitrogens is 1. The fourth-order valence-corrected chi connectivity index (χ4v) is 3.81. The van der Waals surface area contributed by atoms with Crippen molar-refractivity contribution in [3.8, 4) is 0 Å². The van der Waals surface area contributed by atoms with E-state index in [1.54, 1.807) is 0 Å². The van der Waals surface area contributed by atoms with Gasteiger partial charge in [0.15, 0.2) is 12.2 Å². The first-order valence-electron chi connectivity index (χ1n) is 7.38. The normalized spacial score (nSPS) is 47.5. The van der Waals surface area contributed by atoms with Gasteiger partial charge in [0.1, 0.15) is 18.2 Å². The number of carboxylic acid groups (broad SMARTS) is 1. The zero-order valence-electron chi connectivity index (χ0n) is 12.1. The molecule has 7 unspecified atom stereocenters. The summed E-state index contributed by atoms with van der Waals surface area (Å²) >= 11 is 0. The van der Waals surface area contributed by atoms with E-state index in [0.717, 1.165) is 12.8 Å². The molecule has 6 N–H and O–H groups in total. The van der Waals surface area contributed by atoms with Crippen molar-refractivity contribution in [3.05, 3.63) is 0 Å². The van der Waals surface area contributed by atoms with E-state index in [1.807, 2.05) is 6.92 Å². The van der Waals surface area contributed by atoms with Crippen molar-refractivity contribution in [1.82, 2.24) is 0 Å². The summed E-state index contributed by atoms with van der Waals surface area (Å²) in [7, 11) is 0. The summed E-state index contributed by atoms with van der Waals surface area (Å²) in [4.78, 5) is 11.2. The van der Waals surface area contributed by atoms with Gasteiger partial charge >= 0.3 is 5.97 Å². The van der Waals surface area contributed by atoms with Gasteiger partial charge in [-0.3, -0.25) is 4.48 Å². The van der Waals surface area contributed by atoms with Gasteiger partial charge in [-0.2, -0.15) is 0 Å². The molecule has 2 fully saturated rings. The summed E-state index contributed by atoms with van der Waals surface area (Å²) < 4.78 is 5.83. The third kappa shape index (κ3) is 2.56. The lowest BCUT2D eigenvalue weighted by molar-refractivity contribution is -0.985. The van der Waals surface area contributed by atoms with E-state index in [0.29, 0.717) is 24.1 Å². The Labute approximate surface area is 123 Å². The smallest absolute Gasteiger partial charge is 0.335 e. The SMILES string of the molecule is CC[N+]1(C2OC(C(=O)O)C(O)C(O)C2O)CCCC1CN. The quantitative estimate of drug-likeness (QED) is 0.373. The van der Waals surface area contributed by atoms with Crippen molar-refractivity contribution in [3.63, 3.8) is 0 Å². The minimum Gasteiger partial charge on any atom is -0.479 e. The predicted octanol–water partition coefficient (Wildman–Crippen LogP) is -2.16. The van der Waals surface area contributed by atoms with Gasteiger partial charge in [-0.1, -0.05) is 0 Å². The second-order valence-electron chi connectivity index (χ2n) is 5.93. The lowest BCUT2D eigenvalue weighted by Crippen LogP contribution is -2.72. The number of hydrogen-bond donors (Lipinski definition) is 5. The van der Waals surface area contributed by atoms with Gasteiger partial charge in [0.25, 0.3) is 0 Å². The average Bonchev–Trinajstić information content (AvgIpc) is 2.88. The van der Waals surface area contributed by atoms with Crippen LogP contribution in [0.2, 0.25) is 0 Å². The number of nitrogens with two attached hydrogens (primary N) is 1. The molecular formula is C13H25N2O6+. The average molecular weight is 305 g/mol. The van der Waals surface area contributed by atoms with Crippen LogP contribution in [-0.2, 0) is 9.53 Å². The first-order chi connectivity index (χ1) is 9.89. The fraction of sp³-hybridized carbons (Fsp3) is 0.923. The molecule has 2 aliphatic rings. The number of likely N-dealkylation sites (tertiary alicyclic amines) is 1. The number of likely N-dealkylation sites (N-methyl/N-ethyl adjacent to an activating group) is 1. The summed E-state index contributed by atoms with van der Waals surface area (Å²) in [6, 6.07) is 0.0477. The molecule has 0 aromatic carbocycles. The molecule has 0 saturated carbocycles. The molecule has 0 aromatic heterocycles. The van der Waals surface area contributed by atoms with Crippen LogP contribution in [0, 0.1) is 0 Å². The van der Waals surface area contributed by atoms with Gasteiger partial charge in [0, 0.05) is 19.4 Å². The van der Waals surface area contributed by atoms with Crippen molar-refractivity contribution in [2.75, 3.05) is 19.6 Å². The predicted molar refractivity (Wildman–Crippen MR) is 72.1 cm³/mol. The molecule has 2 heterocycles. The van der Waals surface area contributed by atoms with Crippen molar-refractivity contribution in [2.45, 2.75) is 56.5 Å². The first-order valence-corrected chi connectivity index (χ1v) is 7.38. The Hall–Kier alpha value is -0.770. The van der Waals surface area contributed by atoms with Crippen LogP contribution in [0.1, 0.15) is 19.8 Å². The van der Waals surface area contributed by atoms with Crippen LogP contribution in [0.25, 0.3) is 0 Å². The third-order valence-corrected chi connectivity index (χ3v) is 5.04. The number of carbonyl (C=O) groups is 1. The number of nitrogens with zero attached hydrogens (tertiary/aromatic N) is 1. The highest BCUT2D eigenvalue weighted by Crippen LogP contribution is 2.36. The van der Waals surface area contributed by atoms with E-state index >= 15 is 0 Å². The molecule has 0 amide bonds. The maximum absolute atomic E-state index is 11.2. The zero-order chi connectivity index (χ0) is 15.8. The molecule has 2 saturated heterocycles. The maximum Gasteiger partial charge on any atom is 0.335 e. The van der Waals surface area contributed by atoms with Crippen LogP contribution >= 0.6 is 0 Å². The molecule has 0 bridgehead atoms. The number of carboxylic acids is 1. The van der Waals surface area contributed by atoms with Crippen LogP contribution in [0.15, 0.2) is 0 Å². The van der Waals surface area contributed by atoms with E-state index < -0.39 is 36.6 Å². The highest BCUT2D eigenvalue weighted by atomic mass is 16.6. The topological polar surface area (TPSA) is 133 Å². The van der Waals surface area contributed by atoms with Crippen LogP contribution in [0.4, 0.5) is 0 Å². The molecule has 21 heavy (non-hydrogen) atoms. The number of ether oxygens (including phenoxy) is 1. The number of rotatable bonds is 4. The highest BCUT2D eigenvalue weighted by Gasteiger charge is 2.57. The van der Waals surface area contributed by atoms with Crippen LogP contribution in [-0.4, -0.2) is 87.2 Å². The Balaban J connectivity index is 2.33. The van der Waals surface area contributed by atoms with Gasteiger partial charge < -0.3 is 30.9 Å². The Morgan fingerprint density at radius 3 is 2.48 bits per heavy atom. The molecule has 0 radical (unpaired) electrons. The molecule has 0 spiro atoms. The molecule has 8 nitrogen and oxygen atoms in total. The summed E-state index contributed by atoms with van der Waals surface area (Å²) in [5.74, 6) is -1.35. The second-order valence-corrected chi connectivity index (χ2v) is 5.93. The van der Waals surface area contributed by atoms with Crippen molar-refractivity contribution < 1.29 is 34.4 Å². The third-order valence-electron chi connectivity index (χ3n) is 5.04. The molecule has 8 heteroatoms. The van der Waals surface area contributed by atoms with E-state index in [-0.39, 0.29) is 6.04 Å².